The standard InChI is InChI=1S/C18H19BrN2O2S/c1-11-2-7-14-15(10-24-16(14)8-11)18(23)20-9-17(22)21-13-5-3-12(19)4-6-13/h3-6,10-11H,2,7-9H2,1H3,(H,20,23)(H,21,22). The summed E-state index contributed by atoms with van der Waals surface area (Å²) >= 11 is 5.00. The third-order valence-corrected chi connectivity index (χ3v) is 5.76. The lowest BCUT2D eigenvalue weighted by Crippen LogP contribution is -2.33. The molecule has 24 heavy (non-hydrogen) atoms. The molecule has 0 saturated heterocycles. The summed E-state index contributed by atoms with van der Waals surface area (Å²) < 4.78 is 0.949. The predicted molar refractivity (Wildman–Crippen MR) is 101 cm³/mol. The first-order chi connectivity index (χ1) is 11.5. The molecular weight excluding hydrogens is 388 g/mol. The van der Waals surface area contributed by atoms with Crippen molar-refractivity contribution in [3.05, 3.63) is 50.1 Å². The molecule has 3 rings (SSSR count). The lowest BCUT2D eigenvalue weighted by Gasteiger charge is -2.18. The number of rotatable bonds is 4. The zero-order chi connectivity index (χ0) is 17.1. The Morgan fingerprint density at radius 2 is 2.04 bits per heavy atom. The van der Waals surface area contributed by atoms with E-state index in [4.69, 9.17) is 0 Å². The first kappa shape index (κ1) is 17.2. The largest absolute Gasteiger partial charge is 0.343 e. The van der Waals surface area contributed by atoms with Crippen molar-refractivity contribution in [2.75, 3.05) is 11.9 Å². The van der Waals surface area contributed by atoms with Crippen LogP contribution in [0, 0.1) is 5.92 Å². The molecule has 126 valence electrons. The second-order valence-electron chi connectivity index (χ2n) is 6.14. The first-order valence-electron chi connectivity index (χ1n) is 7.96. The molecule has 2 amide bonds. The van der Waals surface area contributed by atoms with Crippen LogP contribution in [0.25, 0.3) is 0 Å². The second kappa shape index (κ2) is 7.49. The van der Waals surface area contributed by atoms with Crippen LogP contribution in [0.15, 0.2) is 34.1 Å². The number of halogens is 1. The molecule has 0 aliphatic heterocycles. The first-order valence-corrected chi connectivity index (χ1v) is 9.63. The van der Waals surface area contributed by atoms with E-state index in [-0.39, 0.29) is 18.4 Å². The van der Waals surface area contributed by atoms with Gasteiger partial charge >= 0.3 is 0 Å². The van der Waals surface area contributed by atoms with Gasteiger partial charge in [-0.15, -0.1) is 11.3 Å². The van der Waals surface area contributed by atoms with Crippen LogP contribution in [0.5, 0.6) is 0 Å². The van der Waals surface area contributed by atoms with Crippen molar-refractivity contribution < 1.29 is 9.59 Å². The van der Waals surface area contributed by atoms with Crippen molar-refractivity contribution in [2.24, 2.45) is 5.92 Å². The van der Waals surface area contributed by atoms with E-state index in [9.17, 15) is 9.59 Å². The monoisotopic (exact) mass is 406 g/mol. The topological polar surface area (TPSA) is 58.2 Å². The highest BCUT2D eigenvalue weighted by Gasteiger charge is 2.23. The van der Waals surface area contributed by atoms with Gasteiger partial charge in [0, 0.05) is 20.4 Å². The maximum Gasteiger partial charge on any atom is 0.252 e. The Morgan fingerprint density at radius 1 is 1.29 bits per heavy atom. The molecule has 0 saturated carbocycles. The summed E-state index contributed by atoms with van der Waals surface area (Å²) in [6.07, 6.45) is 3.12. The van der Waals surface area contributed by atoms with E-state index >= 15 is 0 Å². The predicted octanol–water partition coefficient (Wildman–Crippen LogP) is 4.00. The maximum absolute atomic E-state index is 12.4. The molecule has 2 aromatic rings. The summed E-state index contributed by atoms with van der Waals surface area (Å²) in [6.45, 7) is 2.21. The lowest BCUT2D eigenvalue weighted by molar-refractivity contribution is -0.115. The molecule has 2 N–H and O–H groups in total. The minimum atomic E-state index is -0.233. The number of carbonyl (C=O) groups excluding carboxylic acids is 2. The van der Waals surface area contributed by atoms with Crippen LogP contribution >= 0.6 is 27.3 Å². The number of amides is 2. The summed E-state index contributed by atoms with van der Waals surface area (Å²) in [5, 5.41) is 7.41. The number of nitrogens with one attached hydrogen (secondary N) is 2. The molecule has 6 heteroatoms. The van der Waals surface area contributed by atoms with Crippen molar-refractivity contribution in [3.63, 3.8) is 0 Å². The van der Waals surface area contributed by atoms with Gasteiger partial charge in [-0.05, 0) is 55.0 Å². The maximum atomic E-state index is 12.4. The van der Waals surface area contributed by atoms with Crippen LogP contribution in [-0.4, -0.2) is 18.4 Å². The number of fused-ring (bicyclic) bond motifs is 1. The molecule has 1 aromatic carbocycles. The Hall–Kier alpha value is -1.66. The number of hydrogen-bond acceptors (Lipinski definition) is 3. The van der Waals surface area contributed by atoms with Crippen LogP contribution in [0.1, 0.15) is 34.1 Å². The van der Waals surface area contributed by atoms with Crippen LogP contribution in [-0.2, 0) is 17.6 Å². The molecule has 1 aliphatic rings. The summed E-state index contributed by atoms with van der Waals surface area (Å²) in [4.78, 5) is 25.7. The van der Waals surface area contributed by atoms with Crippen LogP contribution in [0.2, 0.25) is 0 Å². The van der Waals surface area contributed by atoms with Crippen LogP contribution < -0.4 is 10.6 Å². The molecule has 0 radical (unpaired) electrons. The van der Waals surface area contributed by atoms with E-state index in [0.29, 0.717) is 11.6 Å². The average molecular weight is 407 g/mol. The highest BCUT2D eigenvalue weighted by atomic mass is 79.9. The minimum Gasteiger partial charge on any atom is -0.343 e. The molecule has 1 aliphatic carbocycles. The van der Waals surface area contributed by atoms with Gasteiger partial charge in [0.05, 0.1) is 12.1 Å². The van der Waals surface area contributed by atoms with Crippen LogP contribution in [0.3, 0.4) is 0 Å². The SMILES string of the molecule is CC1CCc2c(C(=O)NCC(=O)Nc3ccc(Br)cc3)csc2C1. The Kier molecular flexibility index (Phi) is 5.36. The fourth-order valence-electron chi connectivity index (χ4n) is 2.86. The van der Waals surface area contributed by atoms with Crippen molar-refractivity contribution in [3.8, 4) is 0 Å². The van der Waals surface area contributed by atoms with Gasteiger partial charge in [0.15, 0.2) is 0 Å². The smallest absolute Gasteiger partial charge is 0.252 e. The van der Waals surface area contributed by atoms with E-state index in [0.717, 1.165) is 29.3 Å². The Bertz CT molecular complexity index is 755. The highest BCUT2D eigenvalue weighted by molar-refractivity contribution is 9.10. The summed E-state index contributed by atoms with van der Waals surface area (Å²) in [5.74, 6) is 0.292. The average Bonchev–Trinajstić information content (AvgIpc) is 2.98. The van der Waals surface area contributed by atoms with E-state index in [1.807, 2.05) is 17.5 Å². The van der Waals surface area contributed by atoms with Crippen LogP contribution in [0.4, 0.5) is 5.69 Å². The number of benzene rings is 1. The number of thiophene rings is 1. The van der Waals surface area contributed by atoms with Crippen molar-refractivity contribution in [2.45, 2.75) is 26.2 Å². The van der Waals surface area contributed by atoms with E-state index in [1.165, 1.54) is 10.4 Å². The number of carbonyl (C=O) groups is 2. The van der Waals surface area contributed by atoms with Gasteiger partial charge in [-0.25, -0.2) is 0 Å². The van der Waals surface area contributed by atoms with Gasteiger partial charge in [-0.3, -0.25) is 9.59 Å². The summed E-state index contributed by atoms with van der Waals surface area (Å²) in [7, 11) is 0. The Labute approximate surface area is 153 Å². The number of anilines is 1. The summed E-state index contributed by atoms with van der Waals surface area (Å²) in [5.41, 5.74) is 2.61. The van der Waals surface area contributed by atoms with Gasteiger partial charge in [-0.2, -0.15) is 0 Å². The van der Waals surface area contributed by atoms with Gasteiger partial charge < -0.3 is 10.6 Å². The van der Waals surface area contributed by atoms with Gasteiger partial charge in [0.2, 0.25) is 5.91 Å². The fraction of sp³-hybridized carbons (Fsp3) is 0.333. The van der Waals surface area contributed by atoms with Crippen molar-refractivity contribution >= 4 is 44.8 Å². The molecule has 1 heterocycles. The third-order valence-electron chi connectivity index (χ3n) is 4.18. The highest BCUT2D eigenvalue weighted by Crippen LogP contribution is 2.32. The second-order valence-corrected chi connectivity index (χ2v) is 8.02. The molecule has 1 atom stereocenters. The van der Waals surface area contributed by atoms with E-state index < -0.39 is 0 Å². The Morgan fingerprint density at radius 3 is 2.79 bits per heavy atom. The zero-order valence-corrected chi connectivity index (χ0v) is 15.8. The Balaban J connectivity index is 1.56. The number of hydrogen-bond donors (Lipinski definition) is 2. The molecule has 0 spiro atoms. The minimum absolute atomic E-state index is 0.0318. The van der Waals surface area contributed by atoms with E-state index in [1.54, 1.807) is 23.5 Å². The van der Waals surface area contributed by atoms with Gasteiger partial charge in [0.25, 0.3) is 5.91 Å². The third kappa shape index (κ3) is 4.05. The molecule has 0 bridgehead atoms. The molecule has 1 aromatic heterocycles. The fourth-order valence-corrected chi connectivity index (χ4v) is 4.37. The van der Waals surface area contributed by atoms with E-state index in [2.05, 4.69) is 33.5 Å². The van der Waals surface area contributed by atoms with Crippen molar-refractivity contribution in [1.29, 1.82) is 0 Å². The summed E-state index contributed by atoms with van der Waals surface area (Å²) in [6, 6.07) is 7.32. The zero-order valence-electron chi connectivity index (χ0n) is 13.4. The normalized spacial score (nSPS) is 16.3. The molecule has 1 unspecified atom stereocenters. The van der Waals surface area contributed by atoms with Gasteiger partial charge in [0.1, 0.15) is 0 Å². The molecular formula is C18H19BrN2O2S. The molecule has 4 nitrogen and oxygen atoms in total. The van der Waals surface area contributed by atoms with Gasteiger partial charge in [-0.1, -0.05) is 22.9 Å². The lowest BCUT2D eigenvalue weighted by atomic mass is 9.88. The quantitative estimate of drug-likeness (QED) is 0.805. The van der Waals surface area contributed by atoms with Crippen molar-refractivity contribution in [1.82, 2.24) is 5.32 Å². The molecule has 0 fully saturated rings.